The van der Waals surface area contributed by atoms with Crippen molar-refractivity contribution in [3.63, 3.8) is 0 Å². The molecular formula is C12H14O2. The molecule has 0 aliphatic carbocycles. The Kier molecular flexibility index (Phi) is 2.08. The zero-order valence-electron chi connectivity index (χ0n) is 8.45. The normalized spacial score (nSPS) is 12.2. The van der Waals surface area contributed by atoms with Gasteiger partial charge in [-0.3, -0.25) is 0 Å². The lowest BCUT2D eigenvalue weighted by molar-refractivity contribution is 0.218. The largest absolute Gasteiger partial charge is 0.464 e. The van der Waals surface area contributed by atoms with Gasteiger partial charge in [0.1, 0.15) is 5.58 Å². The monoisotopic (exact) mass is 190 g/mol. The molecule has 0 saturated carbocycles. The van der Waals surface area contributed by atoms with Crippen LogP contribution in [0.25, 0.3) is 11.0 Å². The SMILES string of the molecule is CC(C)(CO)c1ccc2ccoc2c1. The van der Waals surface area contributed by atoms with Crippen molar-refractivity contribution >= 4 is 11.0 Å². The first kappa shape index (κ1) is 9.28. The zero-order valence-corrected chi connectivity index (χ0v) is 8.45. The van der Waals surface area contributed by atoms with Crippen molar-refractivity contribution in [1.29, 1.82) is 0 Å². The number of rotatable bonds is 2. The molecule has 1 aromatic heterocycles. The van der Waals surface area contributed by atoms with Crippen LogP contribution in [0.5, 0.6) is 0 Å². The Morgan fingerprint density at radius 1 is 1.29 bits per heavy atom. The molecule has 1 aromatic carbocycles. The van der Waals surface area contributed by atoms with Crippen molar-refractivity contribution in [1.82, 2.24) is 0 Å². The molecular weight excluding hydrogens is 176 g/mol. The minimum atomic E-state index is -0.207. The van der Waals surface area contributed by atoms with Gasteiger partial charge in [0, 0.05) is 10.8 Å². The smallest absolute Gasteiger partial charge is 0.134 e. The molecule has 2 rings (SSSR count). The van der Waals surface area contributed by atoms with Crippen molar-refractivity contribution in [3.05, 3.63) is 36.1 Å². The zero-order chi connectivity index (χ0) is 10.2. The Morgan fingerprint density at radius 2 is 2.07 bits per heavy atom. The van der Waals surface area contributed by atoms with Crippen molar-refractivity contribution < 1.29 is 9.52 Å². The van der Waals surface area contributed by atoms with Gasteiger partial charge in [-0.05, 0) is 17.7 Å². The molecule has 14 heavy (non-hydrogen) atoms. The predicted molar refractivity (Wildman–Crippen MR) is 56.3 cm³/mol. The lowest BCUT2D eigenvalue weighted by atomic mass is 9.85. The number of fused-ring (bicyclic) bond motifs is 1. The average Bonchev–Trinajstić information content (AvgIpc) is 2.64. The third kappa shape index (κ3) is 1.42. The highest BCUT2D eigenvalue weighted by Crippen LogP contribution is 2.26. The van der Waals surface area contributed by atoms with E-state index in [9.17, 15) is 5.11 Å². The summed E-state index contributed by atoms with van der Waals surface area (Å²) in [5, 5.41) is 10.3. The van der Waals surface area contributed by atoms with Gasteiger partial charge in [-0.25, -0.2) is 0 Å². The Hall–Kier alpha value is -1.28. The summed E-state index contributed by atoms with van der Waals surface area (Å²) in [6.45, 7) is 4.16. The molecule has 2 aromatic rings. The van der Waals surface area contributed by atoms with E-state index in [0.717, 1.165) is 16.5 Å². The van der Waals surface area contributed by atoms with Gasteiger partial charge in [-0.15, -0.1) is 0 Å². The maximum atomic E-state index is 9.24. The second kappa shape index (κ2) is 3.14. The number of benzene rings is 1. The van der Waals surface area contributed by atoms with Crippen molar-refractivity contribution in [2.45, 2.75) is 19.3 Å². The van der Waals surface area contributed by atoms with Gasteiger partial charge >= 0.3 is 0 Å². The molecule has 0 radical (unpaired) electrons. The highest BCUT2D eigenvalue weighted by molar-refractivity contribution is 5.77. The summed E-state index contributed by atoms with van der Waals surface area (Å²) in [4.78, 5) is 0. The second-order valence-corrected chi connectivity index (χ2v) is 4.22. The van der Waals surface area contributed by atoms with Gasteiger partial charge in [-0.1, -0.05) is 26.0 Å². The molecule has 74 valence electrons. The second-order valence-electron chi connectivity index (χ2n) is 4.22. The first-order valence-electron chi connectivity index (χ1n) is 4.72. The van der Waals surface area contributed by atoms with E-state index in [4.69, 9.17) is 4.42 Å². The van der Waals surface area contributed by atoms with E-state index in [1.807, 2.05) is 38.1 Å². The van der Waals surface area contributed by atoms with Crippen LogP contribution in [0.3, 0.4) is 0 Å². The van der Waals surface area contributed by atoms with Crippen LogP contribution in [-0.4, -0.2) is 11.7 Å². The molecule has 0 atom stereocenters. The summed E-state index contributed by atoms with van der Waals surface area (Å²) in [5.74, 6) is 0. The van der Waals surface area contributed by atoms with Gasteiger partial charge < -0.3 is 9.52 Å². The van der Waals surface area contributed by atoms with E-state index in [-0.39, 0.29) is 12.0 Å². The summed E-state index contributed by atoms with van der Waals surface area (Å²) >= 11 is 0. The molecule has 1 N–H and O–H groups in total. The maximum Gasteiger partial charge on any atom is 0.134 e. The number of furan rings is 1. The van der Waals surface area contributed by atoms with Crippen LogP contribution in [-0.2, 0) is 5.41 Å². The standard InChI is InChI=1S/C12H14O2/c1-12(2,8-13)10-4-3-9-5-6-14-11(9)7-10/h3-7,13H,8H2,1-2H3. The van der Waals surface area contributed by atoms with Crippen molar-refractivity contribution in [2.75, 3.05) is 6.61 Å². The van der Waals surface area contributed by atoms with E-state index >= 15 is 0 Å². The fourth-order valence-corrected chi connectivity index (χ4v) is 1.47. The van der Waals surface area contributed by atoms with E-state index in [0.29, 0.717) is 0 Å². The first-order valence-corrected chi connectivity index (χ1v) is 4.72. The van der Waals surface area contributed by atoms with Crippen LogP contribution in [0, 0.1) is 0 Å². The predicted octanol–water partition coefficient (Wildman–Crippen LogP) is 2.70. The maximum absolute atomic E-state index is 9.24. The molecule has 0 fully saturated rings. The minimum absolute atomic E-state index is 0.138. The topological polar surface area (TPSA) is 33.4 Å². The highest BCUT2D eigenvalue weighted by atomic mass is 16.3. The highest BCUT2D eigenvalue weighted by Gasteiger charge is 2.19. The van der Waals surface area contributed by atoms with Crippen molar-refractivity contribution in [3.8, 4) is 0 Å². The number of aliphatic hydroxyl groups is 1. The van der Waals surface area contributed by atoms with Gasteiger partial charge in [0.25, 0.3) is 0 Å². The summed E-state index contributed by atoms with van der Waals surface area (Å²) in [6.07, 6.45) is 1.68. The molecule has 0 bridgehead atoms. The summed E-state index contributed by atoms with van der Waals surface area (Å²) in [7, 11) is 0. The molecule has 0 aliphatic rings. The van der Waals surface area contributed by atoms with Crippen LogP contribution in [0.4, 0.5) is 0 Å². The average molecular weight is 190 g/mol. The Labute approximate surface area is 83.2 Å². The van der Waals surface area contributed by atoms with Gasteiger partial charge in [0.2, 0.25) is 0 Å². The molecule has 0 unspecified atom stereocenters. The van der Waals surface area contributed by atoms with Gasteiger partial charge in [0.15, 0.2) is 0 Å². The fourth-order valence-electron chi connectivity index (χ4n) is 1.47. The molecule has 0 spiro atoms. The quantitative estimate of drug-likeness (QED) is 0.789. The van der Waals surface area contributed by atoms with E-state index in [1.165, 1.54) is 0 Å². The van der Waals surface area contributed by atoms with Gasteiger partial charge in [0.05, 0.1) is 12.9 Å². The van der Waals surface area contributed by atoms with E-state index in [1.54, 1.807) is 6.26 Å². The van der Waals surface area contributed by atoms with Crippen LogP contribution in [0.2, 0.25) is 0 Å². The Bertz CT molecular complexity index is 440. The Balaban J connectivity index is 2.53. The van der Waals surface area contributed by atoms with Crippen molar-refractivity contribution in [2.24, 2.45) is 0 Å². The lowest BCUT2D eigenvalue weighted by Gasteiger charge is -2.21. The molecule has 2 nitrogen and oxygen atoms in total. The Morgan fingerprint density at radius 3 is 2.79 bits per heavy atom. The summed E-state index contributed by atoms with van der Waals surface area (Å²) in [6, 6.07) is 7.98. The third-order valence-corrected chi connectivity index (χ3v) is 2.63. The van der Waals surface area contributed by atoms with Crippen LogP contribution < -0.4 is 0 Å². The number of aliphatic hydroxyl groups excluding tert-OH is 1. The van der Waals surface area contributed by atoms with Crippen LogP contribution in [0.15, 0.2) is 34.9 Å². The number of hydrogen-bond donors (Lipinski definition) is 1. The first-order chi connectivity index (χ1) is 6.63. The molecule has 1 heterocycles. The summed E-state index contributed by atoms with van der Waals surface area (Å²) < 4.78 is 5.32. The molecule has 0 saturated heterocycles. The molecule has 0 amide bonds. The third-order valence-electron chi connectivity index (χ3n) is 2.63. The fraction of sp³-hybridized carbons (Fsp3) is 0.333. The van der Waals surface area contributed by atoms with E-state index in [2.05, 4.69) is 0 Å². The molecule has 2 heteroatoms. The number of hydrogen-bond acceptors (Lipinski definition) is 2. The molecule has 0 aliphatic heterocycles. The van der Waals surface area contributed by atoms with Crippen LogP contribution >= 0.6 is 0 Å². The minimum Gasteiger partial charge on any atom is -0.464 e. The lowest BCUT2D eigenvalue weighted by Crippen LogP contribution is -2.21. The van der Waals surface area contributed by atoms with Crippen LogP contribution in [0.1, 0.15) is 19.4 Å². The summed E-state index contributed by atoms with van der Waals surface area (Å²) in [5.41, 5.74) is 1.77. The van der Waals surface area contributed by atoms with Gasteiger partial charge in [-0.2, -0.15) is 0 Å². The van der Waals surface area contributed by atoms with E-state index < -0.39 is 0 Å².